The van der Waals surface area contributed by atoms with Crippen molar-refractivity contribution in [3.63, 3.8) is 0 Å². The van der Waals surface area contributed by atoms with Crippen molar-refractivity contribution in [2.24, 2.45) is 5.92 Å². The molecule has 2 aromatic carbocycles. The Labute approximate surface area is 171 Å². The minimum absolute atomic E-state index is 0.203. The van der Waals surface area contributed by atoms with E-state index in [0.29, 0.717) is 11.5 Å². The number of carbonyl (C=O) groups is 1. The maximum absolute atomic E-state index is 11.0. The predicted molar refractivity (Wildman–Crippen MR) is 119 cm³/mol. The summed E-state index contributed by atoms with van der Waals surface area (Å²) in [7, 11) is 0. The highest BCUT2D eigenvalue weighted by Gasteiger charge is 2.12. The third-order valence-electron chi connectivity index (χ3n) is 3.67. The maximum Gasteiger partial charge on any atom is 0.308 e. The highest BCUT2D eigenvalue weighted by molar-refractivity contribution is 5.69. The molecule has 28 heavy (non-hydrogen) atoms. The van der Waals surface area contributed by atoms with Crippen LogP contribution in [0.5, 0.6) is 11.5 Å². The zero-order valence-electron chi connectivity index (χ0n) is 18.7. The van der Waals surface area contributed by atoms with Crippen molar-refractivity contribution in [1.29, 1.82) is 0 Å². The average molecular weight is 385 g/mol. The standard InChI is InChI=1S/C18H20O3.C4H10.C3H6/c1-11-9-15(5-7-17(11)20)13(3)16-6-8-18(12(2)10-16)21-14(4)19;1-4(2)3;1-3-2/h5-10,13,20H,1-4H3;4H,1-3H3;3H,1H2,2H3. The molecule has 1 N–H and O–H groups in total. The van der Waals surface area contributed by atoms with Crippen LogP contribution in [-0.2, 0) is 4.79 Å². The molecule has 0 bridgehead atoms. The summed E-state index contributed by atoms with van der Waals surface area (Å²) in [5.74, 6) is 1.63. The first-order valence-electron chi connectivity index (χ1n) is 9.68. The molecule has 0 spiro atoms. The molecule has 2 aromatic rings. The van der Waals surface area contributed by atoms with Crippen molar-refractivity contribution in [1.82, 2.24) is 0 Å². The van der Waals surface area contributed by atoms with Crippen LogP contribution in [0.1, 0.15) is 69.7 Å². The van der Waals surface area contributed by atoms with Gasteiger partial charge in [0.1, 0.15) is 11.5 Å². The Kier molecular flexibility index (Phi) is 11.6. The summed E-state index contributed by atoms with van der Waals surface area (Å²) in [5, 5.41) is 9.61. The first-order chi connectivity index (χ1) is 13.0. The van der Waals surface area contributed by atoms with E-state index >= 15 is 0 Å². The van der Waals surface area contributed by atoms with Gasteiger partial charge in [-0.15, -0.1) is 6.58 Å². The second-order valence-electron chi connectivity index (χ2n) is 7.53. The lowest BCUT2D eigenvalue weighted by atomic mass is 9.91. The van der Waals surface area contributed by atoms with Crippen LogP contribution in [0.25, 0.3) is 0 Å². The molecule has 2 rings (SSSR count). The number of esters is 1. The zero-order valence-corrected chi connectivity index (χ0v) is 18.7. The van der Waals surface area contributed by atoms with Crippen LogP contribution in [0.4, 0.5) is 0 Å². The van der Waals surface area contributed by atoms with E-state index in [2.05, 4.69) is 34.3 Å². The Morgan fingerprint density at radius 1 is 1.00 bits per heavy atom. The molecule has 0 amide bonds. The normalized spacial score (nSPS) is 10.8. The number of phenolic OH excluding ortho intramolecular Hbond substituents is 1. The van der Waals surface area contributed by atoms with Crippen molar-refractivity contribution in [2.75, 3.05) is 0 Å². The molecular weight excluding hydrogens is 348 g/mol. The van der Waals surface area contributed by atoms with Gasteiger partial charge in [0.15, 0.2) is 0 Å². The molecular formula is C25H36O3. The Morgan fingerprint density at radius 3 is 1.82 bits per heavy atom. The lowest BCUT2D eigenvalue weighted by Crippen LogP contribution is -2.04. The molecule has 0 aliphatic carbocycles. The molecule has 1 atom stereocenters. The molecule has 0 saturated heterocycles. The topological polar surface area (TPSA) is 46.5 Å². The number of benzene rings is 2. The van der Waals surface area contributed by atoms with E-state index in [-0.39, 0.29) is 11.9 Å². The Balaban J connectivity index is 0.000000904. The van der Waals surface area contributed by atoms with Crippen LogP contribution in [-0.4, -0.2) is 11.1 Å². The van der Waals surface area contributed by atoms with Crippen LogP contribution >= 0.6 is 0 Å². The summed E-state index contributed by atoms with van der Waals surface area (Å²) in [6.45, 7) is 19.1. The van der Waals surface area contributed by atoms with Gasteiger partial charge in [-0.1, -0.05) is 58.0 Å². The van der Waals surface area contributed by atoms with Gasteiger partial charge >= 0.3 is 5.97 Å². The monoisotopic (exact) mass is 384 g/mol. The molecule has 0 aromatic heterocycles. The third kappa shape index (κ3) is 9.40. The minimum atomic E-state index is -0.312. The number of aryl methyl sites for hydroxylation is 2. The van der Waals surface area contributed by atoms with E-state index < -0.39 is 0 Å². The van der Waals surface area contributed by atoms with Crippen LogP contribution < -0.4 is 4.74 Å². The number of hydrogen-bond acceptors (Lipinski definition) is 3. The fraction of sp³-hybridized carbons (Fsp3) is 0.400. The molecule has 0 saturated carbocycles. The van der Waals surface area contributed by atoms with Gasteiger partial charge in [0, 0.05) is 12.8 Å². The Hall–Kier alpha value is -2.55. The smallest absolute Gasteiger partial charge is 0.308 e. The van der Waals surface area contributed by atoms with E-state index in [4.69, 9.17) is 4.74 Å². The lowest BCUT2D eigenvalue weighted by Gasteiger charge is -2.15. The number of ether oxygens (including phenoxy) is 1. The van der Waals surface area contributed by atoms with Crippen LogP contribution in [0.3, 0.4) is 0 Å². The lowest BCUT2D eigenvalue weighted by molar-refractivity contribution is -0.131. The molecule has 3 heteroatoms. The van der Waals surface area contributed by atoms with E-state index in [1.165, 1.54) is 6.92 Å². The number of carbonyl (C=O) groups excluding carboxylic acids is 1. The fourth-order valence-corrected chi connectivity index (χ4v) is 2.35. The first-order valence-corrected chi connectivity index (χ1v) is 9.68. The van der Waals surface area contributed by atoms with Crippen LogP contribution in [0.15, 0.2) is 49.1 Å². The molecule has 0 radical (unpaired) electrons. The van der Waals surface area contributed by atoms with Gasteiger partial charge in [-0.2, -0.15) is 0 Å². The summed E-state index contributed by atoms with van der Waals surface area (Å²) in [6.07, 6.45) is 1.75. The summed E-state index contributed by atoms with van der Waals surface area (Å²) < 4.78 is 5.15. The summed E-state index contributed by atoms with van der Waals surface area (Å²) >= 11 is 0. The quantitative estimate of drug-likeness (QED) is 0.354. The maximum atomic E-state index is 11.0. The van der Waals surface area contributed by atoms with Gasteiger partial charge in [0.05, 0.1) is 0 Å². The first kappa shape index (κ1) is 25.4. The molecule has 0 aliphatic heterocycles. The number of phenols is 1. The molecule has 154 valence electrons. The average Bonchev–Trinajstić information content (AvgIpc) is 2.58. The van der Waals surface area contributed by atoms with Crippen molar-refractivity contribution >= 4 is 5.97 Å². The number of hydrogen-bond donors (Lipinski definition) is 1. The van der Waals surface area contributed by atoms with Gasteiger partial charge in [-0.3, -0.25) is 4.79 Å². The van der Waals surface area contributed by atoms with E-state index in [1.54, 1.807) is 12.1 Å². The van der Waals surface area contributed by atoms with Gasteiger partial charge < -0.3 is 9.84 Å². The summed E-state index contributed by atoms with van der Waals surface area (Å²) in [4.78, 5) is 11.0. The Morgan fingerprint density at radius 2 is 1.43 bits per heavy atom. The van der Waals surface area contributed by atoms with Crippen LogP contribution in [0.2, 0.25) is 0 Å². The van der Waals surface area contributed by atoms with Gasteiger partial charge in [0.2, 0.25) is 0 Å². The summed E-state index contributed by atoms with van der Waals surface area (Å²) in [5.41, 5.74) is 4.09. The van der Waals surface area contributed by atoms with E-state index in [9.17, 15) is 9.90 Å². The predicted octanol–water partition coefficient (Wildman–Crippen LogP) is 6.94. The highest BCUT2D eigenvalue weighted by atomic mass is 16.5. The Bertz CT molecular complexity index is 758. The number of allylic oxidation sites excluding steroid dienone is 1. The molecule has 0 heterocycles. The van der Waals surface area contributed by atoms with Crippen LogP contribution in [0, 0.1) is 19.8 Å². The van der Waals surface area contributed by atoms with Crippen molar-refractivity contribution < 1.29 is 14.6 Å². The largest absolute Gasteiger partial charge is 0.508 e. The second kappa shape index (κ2) is 12.8. The van der Waals surface area contributed by atoms with E-state index in [0.717, 1.165) is 28.2 Å². The van der Waals surface area contributed by atoms with Gasteiger partial charge in [-0.05, 0) is 61.1 Å². The summed E-state index contributed by atoms with van der Waals surface area (Å²) in [6, 6.07) is 11.5. The molecule has 0 fully saturated rings. The van der Waals surface area contributed by atoms with Gasteiger partial charge in [-0.25, -0.2) is 0 Å². The SMILES string of the molecule is C=CC.CC(=O)Oc1ccc(C(C)c2ccc(O)c(C)c2)cc1C.CC(C)C. The fourth-order valence-electron chi connectivity index (χ4n) is 2.35. The van der Waals surface area contributed by atoms with Crippen molar-refractivity contribution in [2.45, 2.75) is 61.3 Å². The zero-order chi connectivity index (χ0) is 21.9. The number of rotatable bonds is 3. The number of aromatic hydroxyl groups is 1. The second-order valence-corrected chi connectivity index (χ2v) is 7.53. The molecule has 3 nitrogen and oxygen atoms in total. The molecule has 0 aliphatic rings. The molecule has 1 unspecified atom stereocenters. The highest BCUT2D eigenvalue weighted by Crippen LogP contribution is 2.30. The minimum Gasteiger partial charge on any atom is -0.508 e. The third-order valence-corrected chi connectivity index (χ3v) is 3.67. The van der Waals surface area contributed by atoms with Crippen molar-refractivity contribution in [3.8, 4) is 11.5 Å². The van der Waals surface area contributed by atoms with Gasteiger partial charge in [0.25, 0.3) is 0 Å². The van der Waals surface area contributed by atoms with Crippen molar-refractivity contribution in [3.05, 3.63) is 71.3 Å². The van der Waals surface area contributed by atoms with E-state index in [1.807, 2.05) is 51.1 Å².